The highest BCUT2D eigenvalue weighted by Gasteiger charge is 2.21. The summed E-state index contributed by atoms with van der Waals surface area (Å²) in [7, 11) is 1.32. The molecule has 1 aromatic carbocycles. The fraction of sp³-hybridized carbons (Fsp3) is 0.417. The normalized spacial score (nSPS) is 11.9. The van der Waals surface area contributed by atoms with Crippen molar-refractivity contribution in [3.8, 4) is 5.75 Å². The smallest absolute Gasteiger partial charge is 0.340 e. The van der Waals surface area contributed by atoms with Crippen LogP contribution in [0.15, 0.2) is 23.4 Å². The SMILES string of the molecule is CCc1cc(C(=O)OC)c(NC(=O)CSc2nnc(C(C)Oc3cc(C)c(Cl)c(C)c3)n2CC)s1. The number of carbonyl (C=O) groups is 2. The van der Waals surface area contributed by atoms with Gasteiger partial charge >= 0.3 is 5.97 Å². The molecular formula is C24H29ClN4O4S2. The number of nitrogens with one attached hydrogen (secondary N) is 1. The van der Waals surface area contributed by atoms with Crippen molar-refractivity contribution < 1.29 is 19.1 Å². The van der Waals surface area contributed by atoms with E-state index in [0.717, 1.165) is 27.4 Å². The summed E-state index contributed by atoms with van der Waals surface area (Å²) in [5, 5.41) is 13.3. The molecule has 0 aliphatic heterocycles. The van der Waals surface area contributed by atoms with E-state index in [1.807, 2.05) is 51.3 Å². The van der Waals surface area contributed by atoms with E-state index in [1.54, 1.807) is 6.07 Å². The molecule has 3 aromatic rings. The Bertz CT molecular complexity index is 1200. The lowest BCUT2D eigenvalue weighted by molar-refractivity contribution is -0.113. The van der Waals surface area contributed by atoms with Crippen LogP contribution in [0.5, 0.6) is 5.75 Å². The third-order valence-corrected chi connectivity index (χ3v) is 8.03. The Balaban J connectivity index is 1.68. The van der Waals surface area contributed by atoms with Crippen molar-refractivity contribution in [1.29, 1.82) is 0 Å². The number of ether oxygens (including phenoxy) is 2. The van der Waals surface area contributed by atoms with E-state index in [1.165, 1.54) is 30.2 Å². The highest BCUT2D eigenvalue weighted by atomic mass is 35.5. The van der Waals surface area contributed by atoms with Gasteiger partial charge in [-0.3, -0.25) is 4.79 Å². The van der Waals surface area contributed by atoms with E-state index in [-0.39, 0.29) is 17.8 Å². The zero-order valence-electron chi connectivity index (χ0n) is 20.6. The van der Waals surface area contributed by atoms with E-state index < -0.39 is 5.97 Å². The van der Waals surface area contributed by atoms with Crippen LogP contribution in [0.1, 0.15) is 59.1 Å². The largest absolute Gasteiger partial charge is 0.483 e. The summed E-state index contributed by atoms with van der Waals surface area (Å²) in [6.07, 6.45) is 0.406. The first-order valence-electron chi connectivity index (χ1n) is 11.2. The van der Waals surface area contributed by atoms with Gasteiger partial charge in [-0.15, -0.1) is 21.5 Å². The number of carbonyl (C=O) groups excluding carboxylic acids is 2. The van der Waals surface area contributed by atoms with E-state index >= 15 is 0 Å². The van der Waals surface area contributed by atoms with Gasteiger partial charge in [-0.25, -0.2) is 4.79 Å². The number of amides is 1. The van der Waals surface area contributed by atoms with Gasteiger partial charge in [0.05, 0.1) is 18.4 Å². The maximum atomic E-state index is 12.6. The summed E-state index contributed by atoms with van der Waals surface area (Å²) in [6, 6.07) is 5.55. The molecule has 0 fully saturated rings. The van der Waals surface area contributed by atoms with Gasteiger partial charge in [-0.1, -0.05) is 30.3 Å². The molecule has 1 amide bonds. The monoisotopic (exact) mass is 536 g/mol. The maximum Gasteiger partial charge on any atom is 0.340 e. The minimum absolute atomic E-state index is 0.114. The number of hydrogen-bond acceptors (Lipinski definition) is 8. The Morgan fingerprint density at radius 1 is 1.20 bits per heavy atom. The van der Waals surface area contributed by atoms with Crippen LogP contribution in [0.2, 0.25) is 5.02 Å². The molecule has 35 heavy (non-hydrogen) atoms. The van der Waals surface area contributed by atoms with Crippen molar-refractivity contribution in [2.75, 3.05) is 18.2 Å². The summed E-state index contributed by atoms with van der Waals surface area (Å²) in [5.41, 5.74) is 2.26. The second-order valence-electron chi connectivity index (χ2n) is 7.85. The van der Waals surface area contributed by atoms with Crippen molar-refractivity contribution in [1.82, 2.24) is 14.8 Å². The van der Waals surface area contributed by atoms with Gasteiger partial charge in [-0.2, -0.15) is 0 Å². The molecule has 0 spiro atoms. The first-order valence-corrected chi connectivity index (χ1v) is 13.4. The number of aromatic nitrogens is 3. The van der Waals surface area contributed by atoms with Gasteiger partial charge in [0, 0.05) is 16.4 Å². The fourth-order valence-electron chi connectivity index (χ4n) is 3.50. The average Bonchev–Trinajstić information content (AvgIpc) is 3.44. The number of benzene rings is 1. The standard InChI is InChI=1S/C24H29ClN4O4S2/c1-7-17-11-18(23(31)32-6)22(35-17)26-19(30)12-34-24-28-27-21(29(24)8-2)15(5)33-16-9-13(3)20(25)14(4)10-16/h9-11,15H,7-8,12H2,1-6H3,(H,26,30). The summed E-state index contributed by atoms with van der Waals surface area (Å²) in [5.74, 6) is 0.773. The zero-order chi connectivity index (χ0) is 25.7. The quantitative estimate of drug-likeness (QED) is 0.256. The van der Waals surface area contributed by atoms with Gasteiger partial charge in [-0.05, 0) is 63.4 Å². The molecule has 0 saturated carbocycles. The first kappa shape index (κ1) is 27.0. The second kappa shape index (κ2) is 11.9. The van der Waals surface area contributed by atoms with Gasteiger partial charge in [0.1, 0.15) is 10.8 Å². The van der Waals surface area contributed by atoms with Crippen LogP contribution in [0.3, 0.4) is 0 Å². The number of nitrogens with zero attached hydrogens (tertiary/aromatic N) is 3. The van der Waals surface area contributed by atoms with Crippen LogP contribution in [0.25, 0.3) is 0 Å². The molecule has 0 saturated heterocycles. The molecule has 0 bridgehead atoms. The topological polar surface area (TPSA) is 95.3 Å². The lowest BCUT2D eigenvalue weighted by atomic mass is 10.1. The van der Waals surface area contributed by atoms with Crippen LogP contribution < -0.4 is 10.1 Å². The highest BCUT2D eigenvalue weighted by Crippen LogP contribution is 2.31. The van der Waals surface area contributed by atoms with Crippen molar-refractivity contribution in [3.63, 3.8) is 0 Å². The molecule has 2 aromatic heterocycles. The van der Waals surface area contributed by atoms with Crippen LogP contribution in [0.4, 0.5) is 5.00 Å². The lowest BCUT2D eigenvalue weighted by Crippen LogP contribution is -2.16. The van der Waals surface area contributed by atoms with Gasteiger partial charge in [0.15, 0.2) is 17.1 Å². The number of halogens is 1. The molecule has 8 nitrogen and oxygen atoms in total. The average molecular weight is 537 g/mol. The minimum atomic E-state index is -0.473. The number of anilines is 1. The molecule has 0 radical (unpaired) electrons. The zero-order valence-corrected chi connectivity index (χ0v) is 23.0. The predicted molar refractivity (Wildman–Crippen MR) is 140 cm³/mol. The molecule has 0 aliphatic carbocycles. The number of rotatable bonds is 10. The van der Waals surface area contributed by atoms with Crippen molar-refractivity contribution in [2.45, 2.75) is 58.8 Å². The Morgan fingerprint density at radius 3 is 2.49 bits per heavy atom. The third-order valence-electron chi connectivity index (χ3n) is 5.27. The number of thioether (sulfide) groups is 1. The molecule has 1 atom stereocenters. The summed E-state index contributed by atoms with van der Waals surface area (Å²) in [4.78, 5) is 25.7. The van der Waals surface area contributed by atoms with Crippen molar-refractivity contribution in [3.05, 3.63) is 50.6 Å². The predicted octanol–water partition coefficient (Wildman–Crippen LogP) is 5.85. The number of thiophene rings is 1. The van der Waals surface area contributed by atoms with Crippen LogP contribution in [-0.4, -0.2) is 39.5 Å². The van der Waals surface area contributed by atoms with Crippen LogP contribution in [-0.2, 0) is 22.5 Å². The number of hydrogen-bond donors (Lipinski definition) is 1. The first-order chi connectivity index (χ1) is 16.7. The highest BCUT2D eigenvalue weighted by molar-refractivity contribution is 7.99. The van der Waals surface area contributed by atoms with E-state index in [9.17, 15) is 9.59 Å². The van der Waals surface area contributed by atoms with E-state index in [0.29, 0.717) is 33.8 Å². The third kappa shape index (κ3) is 6.36. The number of aryl methyl sites for hydroxylation is 3. The summed E-state index contributed by atoms with van der Waals surface area (Å²) >= 11 is 8.91. The molecule has 11 heteroatoms. The van der Waals surface area contributed by atoms with Crippen LogP contribution >= 0.6 is 34.7 Å². The molecule has 2 heterocycles. The molecular weight excluding hydrogens is 508 g/mol. The number of esters is 1. The Hall–Kier alpha value is -2.56. The molecule has 188 valence electrons. The second-order valence-corrected chi connectivity index (χ2v) is 10.3. The Labute approximate surface area is 218 Å². The van der Waals surface area contributed by atoms with Crippen molar-refractivity contribution >= 4 is 51.6 Å². The van der Waals surface area contributed by atoms with E-state index in [4.69, 9.17) is 21.1 Å². The van der Waals surface area contributed by atoms with Gasteiger partial charge < -0.3 is 19.4 Å². The van der Waals surface area contributed by atoms with Gasteiger partial charge in [0.25, 0.3) is 0 Å². The molecule has 1 unspecified atom stereocenters. The maximum absolute atomic E-state index is 12.6. The molecule has 3 rings (SSSR count). The van der Waals surface area contributed by atoms with Gasteiger partial charge in [0.2, 0.25) is 5.91 Å². The minimum Gasteiger partial charge on any atom is -0.483 e. The molecule has 0 aliphatic rings. The Morgan fingerprint density at radius 2 is 1.89 bits per heavy atom. The van der Waals surface area contributed by atoms with Crippen LogP contribution in [0, 0.1) is 13.8 Å². The Kier molecular flexibility index (Phi) is 9.21. The number of methoxy groups -OCH3 is 1. The lowest BCUT2D eigenvalue weighted by Gasteiger charge is -2.17. The fourth-order valence-corrected chi connectivity index (χ4v) is 5.42. The summed E-state index contributed by atoms with van der Waals surface area (Å²) in [6.45, 7) is 10.4. The molecule has 1 N–H and O–H groups in total. The van der Waals surface area contributed by atoms with E-state index in [2.05, 4.69) is 15.5 Å². The van der Waals surface area contributed by atoms with Crippen molar-refractivity contribution in [2.24, 2.45) is 0 Å². The summed E-state index contributed by atoms with van der Waals surface area (Å²) < 4.78 is 12.9.